The van der Waals surface area contributed by atoms with Crippen LogP contribution in [0.4, 0.5) is 9.52 Å². The number of thiazole rings is 1. The fraction of sp³-hybridized carbons (Fsp3) is 0.0909. The number of nitrogens with zero attached hydrogens (tertiary/aromatic N) is 1. The third-order valence-corrected chi connectivity index (χ3v) is 2.92. The molecule has 1 N–H and O–H groups in total. The molecule has 0 saturated carbocycles. The second-order valence-electron chi connectivity index (χ2n) is 3.25. The lowest BCUT2D eigenvalue weighted by Crippen LogP contribution is -2.19. The molecule has 1 amide bonds. The Hall–Kier alpha value is -1.66. The number of ether oxygens (including phenoxy) is 1. The number of carbonyl (C=O) groups excluding carboxylic acids is 1. The highest BCUT2D eigenvalue weighted by molar-refractivity contribution is 7.13. The molecular formula is C11H8ClFN2O2S. The molecule has 1 aromatic heterocycles. The predicted molar refractivity (Wildman–Crippen MR) is 67.6 cm³/mol. The van der Waals surface area contributed by atoms with Crippen molar-refractivity contribution < 1.29 is 13.9 Å². The number of rotatable bonds is 4. The maximum atomic E-state index is 12.9. The van der Waals surface area contributed by atoms with Crippen LogP contribution in [0.1, 0.15) is 0 Å². The van der Waals surface area contributed by atoms with Gasteiger partial charge in [0.1, 0.15) is 11.6 Å². The van der Waals surface area contributed by atoms with Gasteiger partial charge in [-0.25, -0.2) is 9.37 Å². The maximum absolute atomic E-state index is 12.9. The van der Waals surface area contributed by atoms with Gasteiger partial charge in [0.25, 0.3) is 5.91 Å². The lowest BCUT2D eigenvalue weighted by molar-refractivity contribution is -0.118. The Kier molecular flexibility index (Phi) is 4.11. The number of hydrogen-bond donors (Lipinski definition) is 1. The van der Waals surface area contributed by atoms with Crippen LogP contribution in [-0.4, -0.2) is 17.5 Å². The summed E-state index contributed by atoms with van der Waals surface area (Å²) in [4.78, 5) is 15.4. The Morgan fingerprint density at radius 2 is 2.39 bits per heavy atom. The summed E-state index contributed by atoms with van der Waals surface area (Å²) in [5, 5.41) is 4.75. The summed E-state index contributed by atoms with van der Waals surface area (Å²) < 4.78 is 18.0. The molecule has 0 atom stereocenters. The lowest BCUT2D eigenvalue weighted by Gasteiger charge is -2.06. The van der Waals surface area contributed by atoms with E-state index < -0.39 is 5.82 Å². The van der Waals surface area contributed by atoms with Crippen LogP contribution in [0.3, 0.4) is 0 Å². The molecule has 1 heterocycles. The van der Waals surface area contributed by atoms with Crippen LogP contribution in [0.2, 0.25) is 5.02 Å². The quantitative estimate of drug-likeness (QED) is 0.940. The zero-order valence-electron chi connectivity index (χ0n) is 9.02. The van der Waals surface area contributed by atoms with E-state index in [0.717, 1.165) is 0 Å². The van der Waals surface area contributed by atoms with Crippen LogP contribution in [0, 0.1) is 5.82 Å². The van der Waals surface area contributed by atoms with Gasteiger partial charge in [-0.05, 0) is 12.1 Å². The van der Waals surface area contributed by atoms with Crippen LogP contribution in [0.25, 0.3) is 0 Å². The monoisotopic (exact) mass is 286 g/mol. The minimum Gasteiger partial charge on any atom is -0.484 e. The van der Waals surface area contributed by atoms with Gasteiger partial charge in [-0.2, -0.15) is 0 Å². The summed E-state index contributed by atoms with van der Waals surface area (Å²) in [6, 6.07) is 3.89. The summed E-state index contributed by atoms with van der Waals surface area (Å²) in [6.07, 6.45) is 1.58. The summed E-state index contributed by atoms with van der Waals surface area (Å²) in [6.45, 7) is -0.193. The topological polar surface area (TPSA) is 51.2 Å². The molecule has 0 fully saturated rings. The summed E-state index contributed by atoms with van der Waals surface area (Å²) in [7, 11) is 0. The number of hydrogen-bond acceptors (Lipinski definition) is 4. The zero-order chi connectivity index (χ0) is 13.0. The van der Waals surface area contributed by atoms with E-state index in [4.69, 9.17) is 16.3 Å². The normalized spacial score (nSPS) is 10.1. The molecule has 0 bridgehead atoms. The van der Waals surface area contributed by atoms with Gasteiger partial charge in [0, 0.05) is 17.6 Å². The third-order valence-electron chi connectivity index (χ3n) is 1.94. The van der Waals surface area contributed by atoms with Crippen LogP contribution >= 0.6 is 22.9 Å². The molecule has 7 heteroatoms. The molecular weight excluding hydrogens is 279 g/mol. The number of halogens is 2. The molecule has 18 heavy (non-hydrogen) atoms. The van der Waals surface area contributed by atoms with E-state index in [9.17, 15) is 9.18 Å². The van der Waals surface area contributed by atoms with Gasteiger partial charge < -0.3 is 4.74 Å². The Morgan fingerprint density at radius 1 is 1.56 bits per heavy atom. The van der Waals surface area contributed by atoms with Gasteiger partial charge in [0.05, 0.1) is 5.02 Å². The average molecular weight is 287 g/mol. The number of aromatic nitrogens is 1. The Balaban J connectivity index is 1.87. The summed E-state index contributed by atoms with van der Waals surface area (Å²) in [5.74, 6) is -0.544. The highest BCUT2D eigenvalue weighted by Crippen LogP contribution is 2.21. The van der Waals surface area contributed by atoms with Crippen molar-refractivity contribution in [1.29, 1.82) is 0 Å². The first-order valence-electron chi connectivity index (χ1n) is 4.92. The highest BCUT2D eigenvalue weighted by atomic mass is 35.5. The number of nitrogens with one attached hydrogen (secondary N) is 1. The Morgan fingerprint density at radius 3 is 3.06 bits per heavy atom. The van der Waals surface area contributed by atoms with Gasteiger partial charge in [0.2, 0.25) is 0 Å². The SMILES string of the molecule is O=C(COc1ccc(F)c(Cl)c1)Nc1nccs1. The van der Waals surface area contributed by atoms with Crippen molar-refractivity contribution in [3.8, 4) is 5.75 Å². The van der Waals surface area contributed by atoms with Gasteiger partial charge in [-0.3, -0.25) is 10.1 Å². The second-order valence-corrected chi connectivity index (χ2v) is 4.55. The fourth-order valence-electron chi connectivity index (χ4n) is 1.16. The van der Waals surface area contributed by atoms with E-state index in [1.165, 1.54) is 29.5 Å². The van der Waals surface area contributed by atoms with E-state index >= 15 is 0 Å². The number of carbonyl (C=O) groups is 1. The van der Waals surface area contributed by atoms with Gasteiger partial charge in [0.15, 0.2) is 11.7 Å². The standard InChI is InChI=1S/C11H8ClFN2O2S/c12-8-5-7(1-2-9(8)13)17-6-10(16)15-11-14-3-4-18-11/h1-5H,6H2,(H,14,15,16). The van der Waals surface area contributed by atoms with Crippen molar-refractivity contribution in [3.63, 3.8) is 0 Å². The Bertz CT molecular complexity index is 548. The van der Waals surface area contributed by atoms with E-state index in [0.29, 0.717) is 10.9 Å². The summed E-state index contributed by atoms with van der Waals surface area (Å²) in [5.41, 5.74) is 0. The number of benzene rings is 1. The van der Waals surface area contributed by atoms with Gasteiger partial charge in [-0.15, -0.1) is 11.3 Å². The smallest absolute Gasteiger partial charge is 0.264 e. The molecule has 0 unspecified atom stereocenters. The zero-order valence-corrected chi connectivity index (χ0v) is 10.6. The minimum atomic E-state index is -0.531. The van der Waals surface area contributed by atoms with Crippen LogP contribution in [0.15, 0.2) is 29.8 Å². The number of anilines is 1. The van der Waals surface area contributed by atoms with Gasteiger partial charge >= 0.3 is 0 Å². The molecule has 1 aromatic carbocycles. The van der Waals surface area contributed by atoms with Gasteiger partial charge in [-0.1, -0.05) is 11.6 Å². The van der Waals surface area contributed by atoms with E-state index in [1.54, 1.807) is 11.6 Å². The van der Waals surface area contributed by atoms with E-state index in [1.807, 2.05) is 0 Å². The van der Waals surface area contributed by atoms with E-state index in [2.05, 4.69) is 10.3 Å². The second kappa shape index (κ2) is 5.79. The van der Waals surface area contributed by atoms with E-state index in [-0.39, 0.29) is 17.5 Å². The molecule has 0 aliphatic heterocycles. The van der Waals surface area contributed by atoms with Crippen molar-refractivity contribution in [2.75, 3.05) is 11.9 Å². The largest absolute Gasteiger partial charge is 0.484 e. The van der Waals surface area contributed by atoms with Crippen LogP contribution in [-0.2, 0) is 4.79 Å². The first-order valence-corrected chi connectivity index (χ1v) is 6.18. The van der Waals surface area contributed by atoms with Crippen LogP contribution in [0.5, 0.6) is 5.75 Å². The first kappa shape index (κ1) is 12.8. The first-order chi connectivity index (χ1) is 8.65. The molecule has 0 spiro atoms. The third kappa shape index (κ3) is 3.41. The van der Waals surface area contributed by atoms with Crippen molar-refractivity contribution in [2.24, 2.45) is 0 Å². The molecule has 4 nitrogen and oxygen atoms in total. The molecule has 0 aliphatic carbocycles. The molecule has 2 rings (SSSR count). The molecule has 0 aliphatic rings. The molecule has 0 saturated heterocycles. The number of amides is 1. The fourth-order valence-corrected chi connectivity index (χ4v) is 1.87. The molecule has 94 valence electrons. The summed E-state index contributed by atoms with van der Waals surface area (Å²) >= 11 is 6.89. The average Bonchev–Trinajstić information content (AvgIpc) is 2.83. The minimum absolute atomic E-state index is 0.0483. The van der Waals surface area contributed by atoms with Crippen molar-refractivity contribution in [2.45, 2.75) is 0 Å². The Labute approximate surface area is 111 Å². The van der Waals surface area contributed by atoms with Crippen molar-refractivity contribution in [3.05, 3.63) is 40.6 Å². The van der Waals surface area contributed by atoms with Crippen LogP contribution < -0.4 is 10.1 Å². The van der Waals surface area contributed by atoms with Crippen molar-refractivity contribution in [1.82, 2.24) is 4.98 Å². The maximum Gasteiger partial charge on any atom is 0.264 e. The van der Waals surface area contributed by atoms with Crippen molar-refractivity contribution >= 4 is 34.0 Å². The predicted octanol–water partition coefficient (Wildman–Crippen LogP) is 2.95. The molecule has 0 radical (unpaired) electrons. The highest BCUT2D eigenvalue weighted by Gasteiger charge is 2.06. The molecule has 2 aromatic rings. The lowest BCUT2D eigenvalue weighted by atomic mass is 10.3.